The maximum absolute atomic E-state index is 12.3. The summed E-state index contributed by atoms with van der Waals surface area (Å²) in [4.78, 5) is 24.3. The third-order valence-corrected chi connectivity index (χ3v) is 9.97. The van der Waals surface area contributed by atoms with Gasteiger partial charge in [0.2, 0.25) is 5.91 Å². The van der Waals surface area contributed by atoms with Crippen LogP contribution in [-0.4, -0.2) is 47.4 Å². The van der Waals surface area contributed by atoms with E-state index in [0.717, 1.165) is 70.6 Å². The van der Waals surface area contributed by atoms with Crippen LogP contribution in [0.5, 0.6) is 0 Å². The van der Waals surface area contributed by atoms with Gasteiger partial charge in [-0.1, -0.05) is 179 Å². The minimum Gasteiger partial charge on any atom is -0.466 e. The SMILES string of the molecule is CCCCCCCCCC/C=C/C(O)C(CO)NC(=O)CCCCC/C=C\CCCCCCCCOC(=O)CCCCCCCCCCCCC. The molecule has 2 unspecified atom stereocenters. The summed E-state index contributed by atoms with van der Waals surface area (Å²) < 4.78 is 5.42. The highest BCUT2D eigenvalue weighted by Gasteiger charge is 2.17. The van der Waals surface area contributed by atoms with Crippen LogP contribution in [0.2, 0.25) is 0 Å². The minimum absolute atomic E-state index is 0.0155. The van der Waals surface area contributed by atoms with Crippen LogP contribution in [0.15, 0.2) is 24.3 Å². The molecular formula is C45H85NO5. The lowest BCUT2D eigenvalue weighted by Gasteiger charge is -2.19. The zero-order valence-electron chi connectivity index (χ0n) is 33.8. The second kappa shape index (κ2) is 41.1. The molecule has 0 fully saturated rings. The van der Waals surface area contributed by atoms with Gasteiger partial charge in [-0.05, 0) is 57.8 Å². The van der Waals surface area contributed by atoms with Crippen molar-refractivity contribution in [2.75, 3.05) is 13.2 Å². The predicted molar refractivity (Wildman–Crippen MR) is 218 cm³/mol. The van der Waals surface area contributed by atoms with Crippen molar-refractivity contribution in [3.63, 3.8) is 0 Å². The van der Waals surface area contributed by atoms with E-state index < -0.39 is 12.1 Å². The number of hydrogen-bond donors (Lipinski definition) is 3. The molecule has 0 aromatic rings. The largest absolute Gasteiger partial charge is 0.466 e. The Morgan fingerprint density at radius 2 is 0.922 bits per heavy atom. The third kappa shape index (κ3) is 37.9. The van der Waals surface area contributed by atoms with Crippen molar-refractivity contribution in [1.82, 2.24) is 5.32 Å². The van der Waals surface area contributed by atoms with E-state index in [0.29, 0.717) is 19.4 Å². The molecule has 2 atom stereocenters. The summed E-state index contributed by atoms with van der Waals surface area (Å²) in [5.74, 6) is -0.117. The van der Waals surface area contributed by atoms with Gasteiger partial charge in [-0.25, -0.2) is 0 Å². The molecule has 0 aliphatic rings. The van der Waals surface area contributed by atoms with Crippen LogP contribution in [0.25, 0.3) is 0 Å². The molecule has 6 nitrogen and oxygen atoms in total. The highest BCUT2D eigenvalue weighted by Crippen LogP contribution is 2.14. The van der Waals surface area contributed by atoms with E-state index in [2.05, 4.69) is 31.3 Å². The van der Waals surface area contributed by atoms with Crippen molar-refractivity contribution < 1.29 is 24.5 Å². The number of carbonyl (C=O) groups is 2. The van der Waals surface area contributed by atoms with Gasteiger partial charge in [-0.3, -0.25) is 9.59 Å². The summed E-state index contributed by atoms with van der Waals surface area (Å²) in [5, 5.41) is 22.8. The van der Waals surface area contributed by atoms with Gasteiger partial charge in [0.05, 0.1) is 25.4 Å². The fourth-order valence-electron chi connectivity index (χ4n) is 6.51. The molecule has 0 aromatic carbocycles. The van der Waals surface area contributed by atoms with Crippen molar-refractivity contribution in [2.24, 2.45) is 0 Å². The molecule has 51 heavy (non-hydrogen) atoms. The molecular weight excluding hydrogens is 634 g/mol. The standard InChI is InChI=1S/C45H85NO5/c1-3-5-7-9-11-13-18-23-27-31-35-39-45(50)51-40-36-32-28-24-20-17-15-16-19-22-26-30-34-38-44(49)46-42(41-47)43(48)37-33-29-25-21-14-12-10-8-6-4-2/h16,19,33,37,42-43,47-48H,3-15,17-18,20-32,34-36,38-41H2,1-2H3,(H,46,49)/b19-16-,37-33+. The van der Waals surface area contributed by atoms with E-state index >= 15 is 0 Å². The van der Waals surface area contributed by atoms with E-state index in [4.69, 9.17) is 4.74 Å². The molecule has 0 heterocycles. The average Bonchev–Trinajstić information content (AvgIpc) is 3.13. The normalized spacial score (nSPS) is 12.9. The number of allylic oxidation sites excluding steroid dienone is 3. The molecule has 0 radical (unpaired) electrons. The first kappa shape index (κ1) is 49.3. The predicted octanol–water partition coefficient (Wildman–Crippen LogP) is 12.4. The first-order valence-corrected chi connectivity index (χ1v) is 22.1. The molecule has 0 saturated heterocycles. The summed E-state index contributed by atoms with van der Waals surface area (Å²) in [5.41, 5.74) is 0. The van der Waals surface area contributed by atoms with Gasteiger partial charge in [0.15, 0.2) is 0 Å². The first-order valence-electron chi connectivity index (χ1n) is 22.1. The van der Waals surface area contributed by atoms with E-state index in [9.17, 15) is 19.8 Å². The number of hydrogen-bond acceptors (Lipinski definition) is 5. The quantitative estimate of drug-likeness (QED) is 0.0333. The Morgan fingerprint density at radius 1 is 0.529 bits per heavy atom. The number of nitrogens with one attached hydrogen (secondary N) is 1. The summed E-state index contributed by atoms with van der Waals surface area (Å²) in [6.07, 6.45) is 45.9. The molecule has 0 bridgehead atoms. The Hall–Kier alpha value is -1.66. The molecule has 0 spiro atoms. The molecule has 6 heteroatoms. The van der Waals surface area contributed by atoms with Gasteiger partial charge in [0, 0.05) is 12.8 Å². The summed E-state index contributed by atoms with van der Waals surface area (Å²) in [6, 6.07) is -0.645. The lowest BCUT2D eigenvalue weighted by atomic mass is 10.1. The van der Waals surface area contributed by atoms with E-state index in [1.807, 2.05) is 6.08 Å². The number of aliphatic hydroxyl groups is 2. The third-order valence-electron chi connectivity index (χ3n) is 9.97. The van der Waals surface area contributed by atoms with E-state index in [-0.39, 0.29) is 18.5 Å². The van der Waals surface area contributed by atoms with Gasteiger partial charge in [-0.2, -0.15) is 0 Å². The molecule has 300 valence electrons. The summed E-state index contributed by atoms with van der Waals surface area (Å²) in [6.45, 7) is 4.82. The Bertz CT molecular complexity index is 797. The molecule has 0 aliphatic carbocycles. The summed E-state index contributed by atoms with van der Waals surface area (Å²) in [7, 11) is 0. The lowest BCUT2D eigenvalue weighted by molar-refractivity contribution is -0.143. The number of aliphatic hydroxyl groups excluding tert-OH is 2. The highest BCUT2D eigenvalue weighted by molar-refractivity contribution is 5.76. The van der Waals surface area contributed by atoms with Gasteiger partial charge in [-0.15, -0.1) is 0 Å². The second-order valence-electron chi connectivity index (χ2n) is 15.0. The Morgan fingerprint density at radius 3 is 1.41 bits per heavy atom. The number of carbonyl (C=O) groups excluding carboxylic acids is 2. The zero-order chi connectivity index (χ0) is 37.3. The molecule has 0 aliphatic heterocycles. The number of amides is 1. The maximum atomic E-state index is 12.3. The van der Waals surface area contributed by atoms with Gasteiger partial charge >= 0.3 is 5.97 Å². The van der Waals surface area contributed by atoms with Crippen molar-refractivity contribution in [2.45, 2.75) is 238 Å². The van der Waals surface area contributed by atoms with Crippen molar-refractivity contribution in [3.05, 3.63) is 24.3 Å². The molecule has 0 saturated carbocycles. The fraction of sp³-hybridized carbons (Fsp3) is 0.867. The molecule has 0 aromatic heterocycles. The monoisotopic (exact) mass is 720 g/mol. The van der Waals surface area contributed by atoms with Crippen LogP contribution in [0.3, 0.4) is 0 Å². The second-order valence-corrected chi connectivity index (χ2v) is 15.0. The van der Waals surface area contributed by atoms with Crippen LogP contribution in [-0.2, 0) is 14.3 Å². The van der Waals surface area contributed by atoms with Crippen molar-refractivity contribution in [3.8, 4) is 0 Å². The highest BCUT2D eigenvalue weighted by atomic mass is 16.5. The molecule has 3 N–H and O–H groups in total. The molecule has 0 rings (SSSR count). The minimum atomic E-state index is -0.858. The number of unbranched alkanes of at least 4 members (excludes halogenated alkanes) is 27. The topological polar surface area (TPSA) is 95.9 Å². The average molecular weight is 720 g/mol. The zero-order valence-corrected chi connectivity index (χ0v) is 33.8. The van der Waals surface area contributed by atoms with Crippen LogP contribution in [0.4, 0.5) is 0 Å². The Kier molecular flexibility index (Phi) is 39.8. The van der Waals surface area contributed by atoms with Crippen LogP contribution >= 0.6 is 0 Å². The Labute approximate surface area is 316 Å². The van der Waals surface area contributed by atoms with Crippen LogP contribution in [0.1, 0.15) is 226 Å². The fourth-order valence-corrected chi connectivity index (χ4v) is 6.51. The first-order chi connectivity index (χ1) is 25.0. The van der Waals surface area contributed by atoms with Crippen molar-refractivity contribution >= 4 is 11.9 Å². The number of esters is 1. The van der Waals surface area contributed by atoms with E-state index in [1.165, 1.54) is 128 Å². The lowest BCUT2D eigenvalue weighted by Crippen LogP contribution is -2.45. The van der Waals surface area contributed by atoms with Gasteiger partial charge in [0.25, 0.3) is 0 Å². The van der Waals surface area contributed by atoms with Crippen LogP contribution in [0, 0.1) is 0 Å². The Balaban J connectivity index is 3.54. The van der Waals surface area contributed by atoms with Gasteiger partial charge in [0.1, 0.15) is 0 Å². The molecule has 1 amide bonds. The van der Waals surface area contributed by atoms with Gasteiger partial charge < -0.3 is 20.3 Å². The smallest absolute Gasteiger partial charge is 0.305 e. The number of ether oxygens (including phenoxy) is 1. The maximum Gasteiger partial charge on any atom is 0.305 e. The summed E-state index contributed by atoms with van der Waals surface area (Å²) >= 11 is 0. The van der Waals surface area contributed by atoms with E-state index in [1.54, 1.807) is 6.08 Å². The number of rotatable bonds is 40. The van der Waals surface area contributed by atoms with Crippen LogP contribution < -0.4 is 5.32 Å². The van der Waals surface area contributed by atoms with Crippen molar-refractivity contribution in [1.29, 1.82) is 0 Å².